The van der Waals surface area contributed by atoms with Gasteiger partial charge in [0.05, 0.1) is 0 Å². The van der Waals surface area contributed by atoms with Gasteiger partial charge in [-0.1, -0.05) is 94.4 Å². The van der Waals surface area contributed by atoms with E-state index in [0.29, 0.717) is 11.8 Å². The summed E-state index contributed by atoms with van der Waals surface area (Å²) in [4.78, 5) is 0. The average molecular weight is 358 g/mol. The number of hydrogen-bond acceptors (Lipinski definition) is 2. The molecule has 0 unspecified atom stereocenters. The lowest BCUT2D eigenvalue weighted by Crippen LogP contribution is -2.43. The highest BCUT2D eigenvalue weighted by molar-refractivity contribution is 6.62. The highest BCUT2D eigenvalue weighted by atomic mass is 16.6. The van der Waals surface area contributed by atoms with E-state index in [1.54, 1.807) is 0 Å². The summed E-state index contributed by atoms with van der Waals surface area (Å²) in [6.07, 6.45) is 0. The first-order chi connectivity index (χ1) is 13.1. The molecule has 0 amide bonds. The molecule has 3 aromatic carbocycles. The van der Waals surface area contributed by atoms with E-state index in [4.69, 9.17) is 9.31 Å². The molecule has 0 spiro atoms. The predicted octanol–water partition coefficient (Wildman–Crippen LogP) is 5.79. The van der Waals surface area contributed by atoms with Gasteiger partial charge < -0.3 is 9.31 Å². The summed E-state index contributed by atoms with van der Waals surface area (Å²) in [6, 6.07) is 26.5. The Morgan fingerprint density at radius 3 is 1.41 bits per heavy atom. The third-order valence-electron chi connectivity index (χ3n) is 4.62. The first-order valence-corrected chi connectivity index (χ1v) is 9.62. The Morgan fingerprint density at radius 2 is 0.963 bits per heavy atom. The molecule has 3 heteroatoms. The molecular formula is C24H27BO2. The zero-order valence-corrected chi connectivity index (χ0v) is 16.6. The molecule has 0 radical (unpaired) electrons. The van der Waals surface area contributed by atoms with Crippen molar-refractivity contribution in [3.63, 3.8) is 0 Å². The molecule has 0 saturated carbocycles. The maximum atomic E-state index is 6.41. The van der Waals surface area contributed by atoms with E-state index in [0.717, 1.165) is 17.0 Å². The summed E-state index contributed by atoms with van der Waals surface area (Å²) in [7, 11) is -0.508. The molecule has 0 aromatic heterocycles. The normalized spacial score (nSPS) is 10.9. The molecule has 0 heterocycles. The van der Waals surface area contributed by atoms with E-state index >= 15 is 0 Å². The number of rotatable bonds is 7. The maximum Gasteiger partial charge on any atom is 0.632 e. The summed E-state index contributed by atoms with van der Waals surface area (Å²) in [5, 5.41) is 0. The van der Waals surface area contributed by atoms with Crippen LogP contribution >= 0.6 is 0 Å². The Morgan fingerprint density at radius 1 is 0.556 bits per heavy atom. The lowest BCUT2D eigenvalue weighted by Gasteiger charge is -2.22. The van der Waals surface area contributed by atoms with E-state index in [2.05, 4.69) is 52.0 Å². The van der Waals surface area contributed by atoms with Crippen LogP contribution in [0.5, 0.6) is 11.5 Å². The molecule has 0 fully saturated rings. The average Bonchev–Trinajstić information content (AvgIpc) is 2.68. The topological polar surface area (TPSA) is 18.5 Å². The van der Waals surface area contributed by atoms with Crippen molar-refractivity contribution in [1.82, 2.24) is 0 Å². The van der Waals surface area contributed by atoms with Gasteiger partial charge in [-0.2, -0.15) is 0 Å². The van der Waals surface area contributed by atoms with Crippen LogP contribution in [0.25, 0.3) is 0 Å². The highest BCUT2D eigenvalue weighted by Gasteiger charge is 2.28. The van der Waals surface area contributed by atoms with E-state index in [-0.39, 0.29) is 0 Å². The van der Waals surface area contributed by atoms with Crippen molar-refractivity contribution in [2.75, 3.05) is 0 Å². The van der Waals surface area contributed by atoms with Crippen LogP contribution < -0.4 is 14.8 Å². The zero-order valence-electron chi connectivity index (χ0n) is 16.6. The van der Waals surface area contributed by atoms with Gasteiger partial charge in [-0.15, -0.1) is 0 Å². The lowest BCUT2D eigenvalue weighted by molar-refractivity contribution is 0.430. The first kappa shape index (κ1) is 19.1. The van der Waals surface area contributed by atoms with Gasteiger partial charge >= 0.3 is 7.12 Å². The fraction of sp³-hybridized carbons (Fsp3) is 0.250. The van der Waals surface area contributed by atoms with E-state index in [1.807, 2.05) is 54.6 Å². The molecule has 3 aromatic rings. The smallest absolute Gasteiger partial charge is 0.522 e. The fourth-order valence-electron chi connectivity index (χ4n) is 3.13. The summed E-state index contributed by atoms with van der Waals surface area (Å²) in [5.41, 5.74) is 3.35. The van der Waals surface area contributed by atoms with Crippen LogP contribution in [0.4, 0.5) is 0 Å². The third kappa shape index (κ3) is 4.74. The fourth-order valence-corrected chi connectivity index (χ4v) is 3.13. The Balaban J connectivity index is 1.97. The summed E-state index contributed by atoms with van der Waals surface area (Å²) >= 11 is 0. The third-order valence-corrected chi connectivity index (χ3v) is 4.62. The zero-order chi connectivity index (χ0) is 19.2. The van der Waals surface area contributed by atoms with Crippen LogP contribution in [-0.2, 0) is 0 Å². The van der Waals surface area contributed by atoms with Gasteiger partial charge in [0.15, 0.2) is 0 Å². The predicted molar refractivity (Wildman–Crippen MR) is 114 cm³/mol. The molecular weight excluding hydrogens is 331 g/mol. The largest absolute Gasteiger partial charge is 0.632 e. The minimum atomic E-state index is -0.508. The summed E-state index contributed by atoms with van der Waals surface area (Å²) in [6.45, 7) is 8.70. The second-order valence-corrected chi connectivity index (χ2v) is 7.36. The lowest BCUT2D eigenvalue weighted by atomic mass is 9.78. The Labute approximate surface area is 163 Å². The summed E-state index contributed by atoms with van der Waals surface area (Å²) in [5.74, 6) is 2.48. The maximum absolute atomic E-state index is 6.41. The number of para-hydroxylation sites is 2. The second-order valence-electron chi connectivity index (χ2n) is 7.36. The van der Waals surface area contributed by atoms with Crippen molar-refractivity contribution in [1.29, 1.82) is 0 Å². The van der Waals surface area contributed by atoms with Crippen LogP contribution in [0.15, 0.2) is 78.9 Å². The van der Waals surface area contributed by atoms with Crippen LogP contribution in [0, 0.1) is 0 Å². The molecule has 138 valence electrons. The highest BCUT2D eigenvalue weighted by Crippen LogP contribution is 2.29. The van der Waals surface area contributed by atoms with Crippen molar-refractivity contribution in [3.05, 3.63) is 90.0 Å². The minimum Gasteiger partial charge on any atom is -0.522 e. The summed E-state index contributed by atoms with van der Waals surface area (Å²) < 4.78 is 12.8. The first-order valence-electron chi connectivity index (χ1n) is 9.62. The SMILES string of the molecule is CC(C)c1ccccc1OB(Oc1ccccc1C(C)C)c1ccccc1. The van der Waals surface area contributed by atoms with Crippen molar-refractivity contribution >= 4 is 12.6 Å². The molecule has 0 saturated heterocycles. The molecule has 0 atom stereocenters. The molecule has 0 aliphatic heterocycles. The molecule has 27 heavy (non-hydrogen) atoms. The Hall–Kier alpha value is -2.68. The van der Waals surface area contributed by atoms with Gasteiger partial charge in [-0.25, -0.2) is 0 Å². The molecule has 0 N–H and O–H groups in total. The van der Waals surface area contributed by atoms with Crippen molar-refractivity contribution in [2.45, 2.75) is 39.5 Å². The molecule has 0 aliphatic rings. The standard InChI is InChI=1S/C24H27BO2/c1-18(2)21-14-8-10-16-23(21)26-25(20-12-6-5-7-13-20)27-24-17-11-9-15-22(24)19(3)4/h5-19H,1-4H3. The molecule has 2 nitrogen and oxygen atoms in total. The van der Waals surface area contributed by atoms with Gasteiger partial charge in [0.25, 0.3) is 0 Å². The second kappa shape index (κ2) is 8.81. The van der Waals surface area contributed by atoms with Crippen LogP contribution in [0.2, 0.25) is 0 Å². The quantitative estimate of drug-likeness (QED) is 0.498. The van der Waals surface area contributed by atoms with Crippen molar-refractivity contribution in [2.24, 2.45) is 0 Å². The minimum absolute atomic E-state index is 0.376. The van der Waals surface area contributed by atoms with Gasteiger partial charge in [0, 0.05) is 5.46 Å². The van der Waals surface area contributed by atoms with Gasteiger partial charge in [-0.05, 0) is 35.1 Å². The van der Waals surface area contributed by atoms with Gasteiger partial charge in [0.1, 0.15) is 11.5 Å². The van der Waals surface area contributed by atoms with Crippen molar-refractivity contribution < 1.29 is 9.31 Å². The number of hydrogen-bond donors (Lipinski definition) is 0. The molecule has 0 bridgehead atoms. The van der Waals surface area contributed by atoms with E-state index < -0.39 is 7.12 Å². The monoisotopic (exact) mass is 358 g/mol. The van der Waals surface area contributed by atoms with E-state index in [9.17, 15) is 0 Å². The van der Waals surface area contributed by atoms with Crippen LogP contribution in [-0.4, -0.2) is 7.12 Å². The van der Waals surface area contributed by atoms with Crippen LogP contribution in [0.3, 0.4) is 0 Å². The van der Waals surface area contributed by atoms with Crippen LogP contribution in [0.1, 0.15) is 50.7 Å². The van der Waals surface area contributed by atoms with Gasteiger partial charge in [0.2, 0.25) is 0 Å². The molecule has 0 aliphatic carbocycles. The van der Waals surface area contributed by atoms with Crippen molar-refractivity contribution in [3.8, 4) is 11.5 Å². The molecule has 3 rings (SSSR count). The van der Waals surface area contributed by atoms with Gasteiger partial charge in [-0.3, -0.25) is 0 Å². The number of benzene rings is 3. The Kier molecular flexibility index (Phi) is 6.23. The van der Waals surface area contributed by atoms with E-state index in [1.165, 1.54) is 11.1 Å². The Bertz CT molecular complexity index is 806.